The third-order valence-electron chi connectivity index (χ3n) is 4.18. The van der Waals surface area contributed by atoms with Gasteiger partial charge < -0.3 is 15.1 Å². The predicted octanol–water partition coefficient (Wildman–Crippen LogP) is 2.96. The number of aryl methyl sites for hydroxylation is 2. The first-order valence-corrected chi connectivity index (χ1v) is 8.61. The van der Waals surface area contributed by atoms with Crippen molar-refractivity contribution in [1.82, 2.24) is 15.1 Å². The standard InChI is InChI=1S/C19H29N3O2/c1-14-7-8-15(2)16(13-14)17(23)21-9-6-10-22(12-11-21)18(24)20-19(3,4)5/h7-8,13H,6,9-12H2,1-5H3,(H,20,24). The largest absolute Gasteiger partial charge is 0.337 e. The molecule has 0 unspecified atom stereocenters. The van der Waals surface area contributed by atoms with Crippen LogP contribution in [0, 0.1) is 13.8 Å². The van der Waals surface area contributed by atoms with Crippen molar-refractivity contribution in [3.05, 3.63) is 34.9 Å². The molecule has 0 aromatic heterocycles. The normalized spacial score (nSPS) is 15.9. The summed E-state index contributed by atoms with van der Waals surface area (Å²) in [6, 6.07) is 5.91. The van der Waals surface area contributed by atoms with E-state index in [1.54, 1.807) is 0 Å². The van der Waals surface area contributed by atoms with E-state index in [2.05, 4.69) is 5.32 Å². The van der Waals surface area contributed by atoms with E-state index in [9.17, 15) is 9.59 Å². The van der Waals surface area contributed by atoms with Crippen molar-refractivity contribution in [2.75, 3.05) is 26.2 Å². The zero-order valence-corrected chi connectivity index (χ0v) is 15.5. The molecule has 1 aromatic rings. The van der Waals surface area contributed by atoms with Gasteiger partial charge >= 0.3 is 6.03 Å². The molecule has 3 amide bonds. The van der Waals surface area contributed by atoms with Crippen molar-refractivity contribution < 1.29 is 9.59 Å². The summed E-state index contributed by atoms with van der Waals surface area (Å²) in [5.41, 5.74) is 2.60. The molecule has 0 spiro atoms. The molecule has 1 heterocycles. The van der Waals surface area contributed by atoms with Crippen LogP contribution >= 0.6 is 0 Å². The number of nitrogens with zero attached hydrogens (tertiary/aromatic N) is 2. The lowest BCUT2D eigenvalue weighted by molar-refractivity contribution is 0.0761. The number of carbonyl (C=O) groups is 2. The van der Waals surface area contributed by atoms with Crippen molar-refractivity contribution >= 4 is 11.9 Å². The monoisotopic (exact) mass is 331 g/mol. The summed E-state index contributed by atoms with van der Waals surface area (Å²) in [4.78, 5) is 28.8. The van der Waals surface area contributed by atoms with E-state index in [1.807, 2.05) is 62.6 Å². The molecule has 1 saturated heterocycles. The molecular weight excluding hydrogens is 302 g/mol. The summed E-state index contributed by atoms with van der Waals surface area (Å²) in [5.74, 6) is 0.0641. The van der Waals surface area contributed by atoms with Crippen LogP contribution in [0.3, 0.4) is 0 Å². The number of benzene rings is 1. The van der Waals surface area contributed by atoms with Gasteiger partial charge in [0.25, 0.3) is 5.91 Å². The summed E-state index contributed by atoms with van der Waals surface area (Å²) < 4.78 is 0. The smallest absolute Gasteiger partial charge is 0.317 e. The fourth-order valence-electron chi connectivity index (χ4n) is 2.86. The van der Waals surface area contributed by atoms with Gasteiger partial charge in [-0.25, -0.2) is 4.79 Å². The van der Waals surface area contributed by atoms with E-state index >= 15 is 0 Å². The van der Waals surface area contributed by atoms with Gasteiger partial charge in [0.1, 0.15) is 0 Å². The Balaban J connectivity index is 2.04. The summed E-state index contributed by atoms with van der Waals surface area (Å²) in [6.45, 7) is 12.4. The minimum Gasteiger partial charge on any atom is -0.337 e. The topological polar surface area (TPSA) is 52.7 Å². The Morgan fingerprint density at radius 3 is 2.29 bits per heavy atom. The molecule has 1 aliphatic heterocycles. The Labute approximate surface area is 145 Å². The molecular formula is C19H29N3O2. The number of carbonyl (C=O) groups excluding carboxylic acids is 2. The Kier molecular flexibility index (Phi) is 5.52. The fourth-order valence-corrected chi connectivity index (χ4v) is 2.86. The maximum absolute atomic E-state index is 12.8. The molecule has 1 aromatic carbocycles. The third kappa shape index (κ3) is 4.73. The average molecular weight is 331 g/mol. The summed E-state index contributed by atoms with van der Waals surface area (Å²) in [6.07, 6.45) is 0.800. The Bertz CT molecular complexity index is 620. The number of urea groups is 1. The van der Waals surface area contributed by atoms with Gasteiger partial charge in [-0.15, -0.1) is 0 Å². The van der Waals surface area contributed by atoms with Gasteiger partial charge in [0.15, 0.2) is 0 Å². The van der Waals surface area contributed by atoms with Gasteiger partial charge in [-0.1, -0.05) is 17.7 Å². The maximum atomic E-state index is 12.8. The van der Waals surface area contributed by atoms with Crippen LogP contribution in [0.1, 0.15) is 48.7 Å². The molecule has 0 saturated carbocycles. The van der Waals surface area contributed by atoms with Crippen LogP contribution in [0.15, 0.2) is 18.2 Å². The number of rotatable bonds is 1. The second-order valence-corrected chi connectivity index (χ2v) is 7.63. The van der Waals surface area contributed by atoms with Crippen molar-refractivity contribution in [3.8, 4) is 0 Å². The van der Waals surface area contributed by atoms with E-state index in [4.69, 9.17) is 0 Å². The first kappa shape index (κ1) is 18.3. The lowest BCUT2D eigenvalue weighted by Gasteiger charge is -2.27. The fraction of sp³-hybridized carbons (Fsp3) is 0.579. The van der Waals surface area contributed by atoms with Crippen molar-refractivity contribution in [1.29, 1.82) is 0 Å². The highest BCUT2D eigenvalue weighted by molar-refractivity contribution is 5.96. The number of nitrogens with one attached hydrogen (secondary N) is 1. The van der Waals surface area contributed by atoms with Crippen molar-refractivity contribution in [2.45, 2.75) is 46.6 Å². The summed E-state index contributed by atoms with van der Waals surface area (Å²) in [7, 11) is 0. The molecule has 0 radical (unpaired) electrons. The highest BCUT2D eigenvalue weighted by atomic mass is 16.2. The minimum atomic E-state index is -0.252. The third-order valence-corrected chi connectivity index (χ3v) is 4.18. The second kappa shape index (κ2) is 7.24. The summed E-state index contributed by atoms with van der Waals surface area (Å²) in [5, 5.41) is 2.99. The van der Waals surface area contributed by atoms with Crippen LogP contribution < -0.4 is 5.32 Å². The lowest BCUT2D eigenvalue weighted by Crippen LogP contribution is -2.49. The molecule has 1 fully saturated rings. The SMILES string of the molecule is Cc1ccc(C)c(C(=O)N2CCCN(C(=O)NC(C)(C)C)CC2)c1. The van der Waals surface area contributed by atoms with E-state index in [-0.39, 0.29) is 17.5 Å². The second-order valence-electron chi connectivity index (χ2n) is 7.63. The van der Waals surface area contributed by atoms with Gasteiger partial charge in [-0.3, -0.25) is 4.79 Å². The minimum absolute atomic E-state index is 0.0523. The average Bonchev–Trinajstić information content (AvgIpc) is 2.73. The highest BCUT2D eigenvalue weighted by Crippen LogP contribution is 2.15. The van der Waals surface area contributed by atoms with E-state index in [1.165, 1.54) is 0 Å². The molecule has 5 nitrogen and oxygen atoms in total. The van der Waals surface area contributed by atoms with Crippen LogP contribution in [0.25, 0.3) is 0 Å². The zero-order chi connectivity index (χ0) is 17.9. The van der Waals surface area contributed by atoms with Crippen LogP contribution in [0.4, 0.5) is 4.79 Å². The van der Waals surface area contributed by atoms with Crippen molar-refractivity contribution in [3.63, 3.8) is 0 Å². The molecule has 1 N–H and O–H groups in total. The van der Waals surface area contributed by atoms with Crippen molar-refractivity contribution in [2.24, 2.45) is 0 Å². The van der Waals surface area contributed by atoms with Crippen LogP contribution in [-0.2, 0) is 0 Å². The molecule has 2 rings (SSSR count). The van der Waals surface area contributed by atoms with Crippen LogP contribution in [0.2, 0.25) is 0 Å². The van der Waals surface area contributed by atoms with E-state index in [0.29, 0.717) is 26.2 Å². The zero-order valence-electron chi connectivity index (χ0n) is 15.5. The van der Waals surface area contributed by atoms with Gasteiger partial charge in [-0.05, 0) is 52.7 Å². The van der Waals surface area contributed by atoms with E-state index in [0.717, 1.165) is 23.1 Å². The van der Waals surface area contributed by atoms with Crippen LogP contribution in [0.5, 0.6) is 0 Å². The molecule has 1 aliphatic rings. The van der Waals surface area contributed by atoms with Gasteiger partial charge in [0.05, 0.1) is 0 Å². The Morgan fingerprint density at radius 2 is 1.62 bits per heavy atom. The Hall–Kier alpha value is -2.04. The maximum Gasteiger partial charge on any atom is 0.317 e. The molecule has 132 valence electrons. The molecule has 0 bridgehead atoms. The van der Waals surface area contributed by atoms with Gasteiger partial charge in [0, 0.05) is 37.3 Å². The molecule has 0 aliphatic carbocycles. The number of amides is 3. The quantitative estimate of drug-likeness (QED) is 0.860. The molecule has 0 atom stereocenters. The van der Waals surface area contributed by atoms with E-state index < -0.39 is 0 Å². The van der Waals surface area contributed by atoms with Gasteiger partial charge in [-0.2, -0.15) is 0 Å². The first-order chi connectivity index (χ1) is 11.2. The predicted molar refractivity (Wildman–Crippen MR) is 96.3 cm³/mol. The lowest BCUT2D eigenvalue weighted by atomic mass is 10.0. The van der Waals surface area contributed by atoms with Gasteiger partial charge in [0.2, 0.25) is 0 Å². The number of hydrogen-bond donors (Lipinski definition) is 1. The summed E-state index contributed by atoms with van der Waals surface area (Å²) >= 11 is 0. The highest BCUT2D eigenvalue weighted by Gasteiger charge is 2.25. The Morgan fingerprint density at radius 1 is 1.00 bits per heavy atom. The first-order valence-electron chi connectivity index (χ1n) is 8.61. The van der Waals surface area contributed by atoms with Crippen LogP contribution in [-0.4, -0.2) is 53.5 Å². The molecule has 5 heteroatoms. The number of hydrogen-bond acceptors (Lipinski definition) is 2. The molecule has 24 heavy (non-hydrogen) atoms.